The third-order valence-corrected chi connectivity index (χ3v) is 2.98. The second-order valence-electron chi connectivity index (χ2n) is 4.10. The van der Waals surface area contributed by atoms with Crippen molar-refractivity contribution in [1.82, 2.24) is 9.78 Å². The molecule has 0 unspecified atom stereocenters. The van der Waals surface area contributed by atoms with Gasteiger partial charge in [0, 0.05) is 19.2 Å². The molecule has 0 aliphatic carbocycles. The first-order chi connectivity index (χ1) is 9.92. The van der Waals surface area contributed by atoms with Gasteiger partial charge in [-0.2, -0.15) is 5.10 Å². The Morgan fingerprint density at radius 3 is 2.71 bits per heavy atom. The molecule has 0 spiro atoms. The minimum absolute atomic E-state index is 0.155. The Balaban J connectivity index is 2.33. The highest BCUT2D eigenvalue weighted by Gasteiger charge is 2.17. The monoisotopic (exact) mass is 310 g/mol. The fourth-order valence-electron chi connectivity index (χ4n) is 1.74. The van der Waals surface area contributed by atoms with Crippen LogP contribution in [0.1, 0.15) is 10.5 Å². The van der Waals surface area contributed by atoms with Crippen molar-refractivity contribution in [2.75, 3.05) is 12.4 Å². The molecule has 2 rings (SSSR count). The number of non-ortho nitro benzene ring substituents is 1. The first kappa shape index (κ1) is 14.8. The van der Waals surface area contributed by atoms with Gasteiger partial charge >= 0.3 is 0 Å². The number of nitro benzene ring substituents is 1. The molecule has 0 bridgehead atoms. The van der Waals surface area contributed by atoms with E-state index in [1.54, 1.807) is 7.05 Å². The average Bonchev–Trinajstić information content (AvgIpc) is 2.77. The molecule has 0 radical (unpaired) electrons. The number of rotatable bonds is 4. The van der Waals surface area contributed by atoms with Crippen LogP contribution in [0.4, 0.5) is 11.4 Å². The van der Waals surface area contributed by atoms with Crippen LogP contribution in [0.15, 0.2) is 24.4 Å². The predicted molar refractivity (Wildman–Crippen MR) is 75.8 cm³/mol. The van der Waals surface area contributed by atoms with Gasteiger partial charge in [-0.1, -0.05) is 11.6 Å². The Morgan fingerprint density at radius 2 is 2.19 bits per heavy atom. The molecule has 2 aromatic rings. The summed E-state index contributed by atoms with van der Waals surface area (Å²) in [4.78, 5) is 22.4. The number of halogens is 1. The molecule has 0 atom stereocenters. The summed E-state index contributed by atoms with van der Waals surface area (Å²) in [7, 11) is 2.94. The van der Waals surface area contributed by atoms with Crippen LogP contribution in [0.5, 0.6) is 5.75 Å². The molecule has 8 nitrogen and oxygen atoms in total. The molecule has 1 heterocycles. The average molecular weight is 311 g/mol. The summed E-state index contributed by atoms with van der Waals surface area (Å²) in [6.45, 7) is 0. The molecule has 110 valence electrons. The lowest BCUT2D eigenvalue weighted by Gasteiger charge is -2.08. The standard InChI is InChI=1S/C12H11ClN4O4/c1-16-11(10(13)6-14-16)12(18)15-7-3-8(17(19)20)5-9(4-7)21-2/h3-6H,1-2H3,(H,15,18). The van der Waals surface area contributed by atoms with E-state index < -0.39 is 10.8 Å². The van der Waals surface area contributed by atoms with Crippen LogP contribution in [0.3, 0.4) is 0 Å². The Labute approximate surface area is 124 Å². The number of amides is 1. The van der Waals surface area contributed by atoms with Crippen LogP contribution >= 0.6 is 11.6 Å². The van der Waals surface area contributed by atoms with Gasteiger partial charge in [0.15, 0.2) is 0 Å². The van der Waals surface area contributed by atoms with Crippen molar-refractivity contribution in [3.63, 3.8) is 0 Å². The Morgan fingerprint density at radius 1 is 1.48 bits per heavy atom. The molecule has 0 aliphatic heterocycles. The van der Waals surface area contributed by atoms with Crippen molar-refractivity contribution in [1.29, 1.82) is 0 Å². The zero-order valence-corrected chi connectivity index (χ0v) is 11.9. The topological polar surface area (TPSA) is 99.3 Å². The molecule has 1 N–H and O–H groups in total. The number of carbonyl (C=O) groups is 1. The molecule has 1 aromatic heterocycles. The molecule has 21 heavy (non-hydrogen) atoms. The van der Waals surface area contributed by atoms with Gasteiger partial charge in [-0.25, -0.2) is 0 Å². The number of methoxy groups -OCH3 is 1. The summed E-state index contributed by atoms with van der Waals surface area (Å²) < 4.78 is 6.28. The van der Waals surface area contributed by atoms with Crippen LogP contribution in [-0.2, 0) is 7.05 Å². The number of nitro groups is 1. The number of ether oxygens (including phenoxy) is 1. The van der Waals surface area contributed by atoms with Gasteiger partial charge < -0.3 is 10.1 Å². The summed E-state index contributed by atoms with van der Waals surface area (Å²) in [5, 5.41) is 17.4. The van der Waals surface area contributed by atoms with Crippen molar-refractivity contribution in [3.05, 3.63) is 45.2 Å². The lowest BCUT2D eigenvalue weighted by atomic mass is 10.2. The van der Waals surface area contributed by atoms with Gasteiger partial charge in [0.2, 0.25) is 0 Å². The summed E-state index contributed by atoms with van der Waals surface area (Å²) >= 11 is 5.87. The van der Waals surface area contributed by atoms with Gasteiger partial charge in [-0.05, 0) is 0 Å². The van der Waals surface area contributed by atoms with Crippen LogP contribution in [0.2, 0.25) is 5.02 Å². The van der Waals surface area contributed by atoms with Crippen molar-refractivity contribution in [2.24, 2.45) is 7.05 Å². The second-order valence-corrected chi connectivity index (χ2v) is 4.50. The quantitative estimate of drug-likeness (QED) is 0.689. The lowest BCUT2D eigenvalue weighted by molar-refractivity contribution is -0.384. The number of carbonyl (C=O) groups excluding carboxylic acids is 1. The summed E-state index contributed by atoms with van der Waals surface area (Å²) in [6, 6.07) is 3.95. The zero-order chi connectivity index (χ0) is 15.6. The molecule has 0 fully saturated rings. The Bertz CT molecular complexity index is 694. The van der Waals surface area contributed by atoms with Crippen LogP contribution < -0.4 is 10.1 Å². The maximum atomic E-state index is 12.1. The van der Waals surface area contributed by atoms with E-state index in [1.807, 2.05) is 0 Å². The fourth-order valence-corrected chi connectivity index (χ4v) is 1.99. The Hall–Kier alpha value is -2.61. The number of aryl methyl sites for hydroxylation is 1. The van der Waals surface area contributed by atoms with E-state index in [1.165, 1.54) is 36.2 Å². The Kier molecular flexibility index (Phi) is 4.08. The molecule has 0 saturated heterocycles. The number of benzene rings is 1. The van der Waals surface area contributed by atoms with Crippen molar-refractivity contribution in [3.8, 4) is 5.75 Å². The van der Waals surface area contributed by atoms with Crippen LogP contribution in [-0.4, -0.2) is 27.7 Å². The highest BCUT2D eigenvalue weighted by Crippen LogP contribution is 2.26. The summed E-state index contributed by atoms with van der Waals surface area (Å²) in [5.74, 6) is -0.266. The summed E-state index contributed by atoms with van der Waals surface area (Å²) in [5.41, 5.74) is 0.186. The molecular formula is C12H11ClN4O4. The molecular weight excluding hydrogens is 300 g/mol. The first-order valence-corrected chi connectivity index (χ1v) is 6.12. The smallest absolute Gasteiger partial charge is 0.275 e. The van der Waals surface area contributed by atoms with Gasteiger partial charge in [0.05, 0.1) is 35.0 Å². The van der Waals surface area contributed by atoms with E-state index in [2.05, 4.69) is 10.4 Å². The van der Waals surface area contributed by atoms with E-state index in [4.69, 9.17) is 16.3 Å². The van der Waals surface area contributed by atoms with Crippen molar-refractivity contribution < 1.29 is 14.5 Å². The number of anilines is 1. The van der Waals surface area contributed by atoms with E-state index in [0.29, 0.717) is 0 Å². The number of hydrogen-bond acceptors (Lipinski definition) is 5. The SMILES string of the molecule is COc1cc(NC(=O)c2c(Cl)cnn2C)cc([N+](=O)[O-])c1. The zero-order valence-electron chi connectivity index (χ0n) is 11.2. The van der Waals surface area contributed by atoms with Gasteiger partial charge in [-0.15, -0.1) is 0 Å². The van der Waals surface area contributed by atoms with Crippen molar-refractivity contribution >= 4 is 28.9 Å². The van der Waals surface area contributed by atoms with Gasteiger partial charge in [-0.3, -0.25) is 19.6 Å². The number of nitrogens with zero attached hydrogens (tertiary/aromatic N) is 3. The maximum absolute atomic E-state index is 12.1. The molecule has 0 saturated carbocycles. The highest BCUT2D eigenvalue weighted by atomic mass is 35.5. The van der Waals surface area contributed by atoms with Crippen LogP contribution in [0, 0.1) is 10.1 Å². The lowest BCUT2D eigenvalue weighted by Crippen LogP contribution is -2.16. The molecule has 1 amide bonds. The fraction of sp³-hybridized carbons (Fsp3) is 0.167. The molecule has 9 heteroatoms. The predicted octanol–water partition coefficient (Wildman–Crippen LogP) is 2.24. The summed E-state index contributed by atoms with van der Waals surface area (Å²) in [6.07, 6.45) is 1.34. The minimum atomic E-state index is -0.574. The van der Waals surface area contributed by atoms with E-state index in [0.717, 1.165) is 0 Å². The van der Waals surface area contributed by atoms with E-state index >= 15 is 0 Å². The van der Waals surface area contributed by atoms with E-state index in [-0.39, 0.29) is 27.8 Å². The molecule has 0 aliphatic rings. The van der Waals surface area contributed by atoms with Gasteiger partial charge in [0.1, 0.15) is 11.4 Å². The maximum Gasteiger partial charge on any atom is 0.275 e. The van der Waals surface area contributed by atoms with E-state index in [9.17, 15) is 14.9 Å². The number of nitrogens with one attached hydrogen (secondary N) is 1. The first-order valence-electron chi connectivity index (χ1n) is 5.74. The van der Waals surface area contributed by atoms with Gasteiger partial charge in [0.25, 0.3) is 11.6 Å². The third kappa shape index (κ3) is 3.11. The largest absolute Gasteiger partial charge is 0.496 e. The number of aromatic nitrogens is 2. The highest BCUT2D eigenvalue weighted by molar-refractivity contribution is 6.34. The third-order valence-electron chi connectivity index (χ3n) is 2.70. The normalized spacial score (nSPS) is 10.2. The van der Waals surface area contributed by atoms with Crippen LogP contribution in [0.25, 0.3) is 0 Å². The minimum Gasteiger partial charge on any atom is -0.496 e. The van der Waals surface area contributed by atoms with Crippen molar-refractivity contribution in [2.45, 2.75) is 0 Å². The molecule has 1 aromatic carbocycles. The number of hydrogen-bond donors (Lipinski definition) is 1. The second kappa shape index (κ2) is 5.80.